The number of aromatic nitrogens is 2. The number of carbonyl (C=O) groups is 1. The van der Waals surface area contributed by atoms with Crippen LogP contribution in [0.5, 0.6) is 0 Å². The van der Waals surface area contributed by atoms with E-state index >= 15 is 0 Å². The number of primary amides is 1. The van der Waals surface area contributed by atoms with Crippen molar-refractivity contribution in [2.24, 2.45) is 16.6 Å². The predicted molar refractivity (Wildman–Crippen MR) is 116 cm³/mol. The summed E-state index contributed by atoms with van der Waals surface area (Å²) < 4.78 is 2.03. The molecular formula is C22H29N5O3. The Hall–Kier alpha value is -2.71. The number of carbonyl (C=O) groups excluding carboxylic acids is 1. The molecule has 1 aliphatic carbocycles. The highest BCUT2D eigenvalue weighted by molar-refractivity contribution is 6.43. The fraction of sp³-hybridized carbons (Fsp3) is 0.500. The lowest BCUT2D eigenvalue weighted by Gasteiger charge is -2.29. The lowest BCUT2D eigenvalue weighted by atomic mass is 9.87. The molecule has 2 heterocycles. The second-order valence-corrected chi connectivity index (χ2v) is 8.79. The SMILES string of the molecule is CC(C)(O)c1cc2nn(C3CCC(CO)CC3)cc2cc1N1C=CC(C(N)=O)=NC1. The largest absolute Gasteiger partial charge is 0.396 e. The number of nitrogens with zero attached hydrogens (tertiary/aromatic N) is 4. The molecule has 1 aliphatic heterocycles. The fourth-order valence-corrected chi connectivity index (χ4v) is 4.31. The molecule has 0 saturated heterocycles. The molecule has 160 valence electrons. The van der Waals surface area contributed by atoms with Gasteiger partial charge in [-0.05, 0) is 63.7 Å². The molecule has 1 fully saturated rings. The number of amides is 1. The number of aliphatic hydroxyl groups is 2. The highest BCUT2D eigenvalue weighted by atomic mass is 16.3. The zero-order chi connectivity index (χ0) is 21.5. The van der Waals surface area contributed by atoms with Gasteiger partial charge in [0.15, 0.2) is 0 Å². The van der Waals surface area contributed by atoms with E-state index in [4.69, 9.17) is 10.8 Å². The van der Waals surface area contributed by atoms with Crippen LogP contribution < -0.4 is 10.6 Å². The van der Waals surface area contributed by atoms with Gasteiger partial charge in [-0.3, -0.25) is 14.5 Å². The van der Waals surface area contributed by atoms with Gasteiger partial charge >= 0.3 is 0 Å². The summed E-state index contributed by atoms with van der Waals surface area (Å²) in [5, 5.41) is 26.0. The van der Waals surface area contributed by atoms with Crippen molar-refractivity contribution in [2.45, 2.75) is 51.2 Å². The first-order valence-electron chi connectivity index (χ1n) is 10.4. The molecule has 4 rings (SSSR count). The van der Waals surface area contributed by atoms with Crippen LogP contribution in [0.2, 0.25) is 0 Å². The molecule has 8 heteroatoms. The van der Waals surface area contributed by atoms with Crippen LogP contribution in [0, 0.1) is 5.92 Å². The van der Waals surface area contributed by atoms with Gasteiger partial charge in [-0.1, -0.05) is 0 Å². The summed E-state index contributed by atoms with van der Waals surface area (Å²) in [6, 6.07) is 4.27. The Morgan fingerprint density at radius 3 is 2.57 bits per heavy atom. The summed E-state index contributed by atoms with van der Waals surface area (Å²) in [4.78, 5) is 17.5. The lowest BCUT2D eigenvalue weighted by Crippen LogP contribution is -2.30. The molecular weight excluding hydrogens is 382 g/mol. The molecule has 2 aromatic rings. The third-order valence-corrected chi connectivity index (χ3v) is 6.11. The van der Waals surface area contributed by atoms with Crippen molar-refractivity contribution in [3.8, 4) is 0 Å². The zero-order valence-corrected chi connectivity index (χ0v) is 17.5. The van der Waals surface area contributed by atoms with Crippen molar-refractivity contribution in [1.29, 1.82) is 0 Å². The molecule has 1 aromatic carbocycles. The molecule has 0 spiro atoms. The van der Waals surface area contributed by atoms with Crippen LogP contribution in [-0.2, 0) is 10.4 Å². The Morgan fingerprint density at radius 1 is 1.27 bits per heavy atom. The molecule has 0 bridgehead atoms. The molecule has 8 nitrogen and oxygen atoms in total. The van der Waals surface area contributed by atoms with Crippen LogP contribution in [0.4, 0.5) is 5.69 Å². The minimum Gasteiger partial charge on any atom is -0.396 e. The van der Waals surface area contributed by atoms with Gasteiger partial charge in [-0.25, -0.2) is 0 Å². The van der Waals surface area contributed by atoms with Gasteiger partial charge in [0.1, 0.15) is 12.4 Å². The summed E-state index contributed by atoms with van der Waals surface area (Å²) in [5.41, 5.74) is 6.87. The smallest absolute Gasteiger partial charge is 0.266 e. The zero-order valence-electron chi connectivity index (χ0n) is 17.5. The predicted octanol–water partition coefficient (Wildman–Crippen LogP) is 2.20. The Balaban J connectivity index is 1.68. The van der Waals surface area contributed by atoms with Gasteiger partial charge in [-0.15, -0.1) is 0 Å². The van der Waals surface area contributed by atoms with E-state index in [2.05, 4.69) is 11.2 Å². The van der Waals surface area contributed by atoms with Gasteiger partial charge < -0.3 is 20.8 Å². The number of anilines is 1. The maximum Gasteiger partial charge on any atom is 0.266 e. The first-order valence-corrected chi connectivity index (χ1v) is 10.4. The van der Waals surface area contributed by atoms with Crippen LogP contribution in [0.25, 0.3) is 10.9 Å². The third-order valence-electron chi connectivity index (χ3n) is 6.11. The van der Waals surface area contributed by atoms with E-state index in [9.17, 15) is 15.0 Å². The van der Waals surface area contributed by atoms with E-state index in [1.165, 1.54) is 0 Å². The standard InChI is InChI=1S/C22H29N5O3/c1-22(2,30)17-10-19-15(9-20(17)26-8-7-18(21(23)29)24-13-26)11-27(25-19)16-5-3-14(12-28)4-6-16/h7-11,14,16,28,30H,3-6,12-13H2,1-2H3,(H2,23,29). The molecule has 1 saturated carbocycles. The first kappa shape index (κ1) is 20.6. The Bertz CT molecular complexity index is 1010. The third kappa shape index (κ3) is 3.97. The normalized spacial score (nSPS) is 22.4. The summed E-state index contributed by atoms with van der Waals surface area (Å²) in [6.07, 6.45) is 9.44. The summed E-state index contributed by atoms with van der Waals surface area (Å²) in [6.45, 7) is 4.01. The van der Waals surface area contributed by atoms with Gasteiger partial charge in [-0.2, -0.15) is 5.10 Å². The second kappa shape index (κ2) is 7.85. The minimum absolute atomic E-state index is 0.239. The van der Waals surface area contributed by atoms with Gasteiger partial charge in [0.05, 0.1) is 17.2 Å². The summed E-state index contributed by atoms with van der Waals surface area (Å²) in [5.74, 6) is -0.155. The van der Waals surface area contributed by atoms with E-state index in [-0.39, 0.29) is 19.0 Å². The van der Waals surface area contributed by atoms with Crippen molar-refractivity contribution < 1.29 is 15.0 Å². The minimum atomic E-state index is -1.08. The van der Waals surface area contributed by atoms with Crippen LogP contribution in [0.3, 0.4) is 0 Å². The molecule has 0 radical (unpaired) electrons. The summed E-state index contributed by atoms with van der Waals surface area (Å²) in [7, 11) is 0. The molecule has 30 heavy (non-hydrogen) atoms. The number of aliphatic imine (C=N–C) groups is 1. The number of hydrogen-bond acceptors (Lipinski definition) is 6. The molecule has 4 N–H and O–H groups in total. The van der Waals surface area contributed by atoms with Crippen LogP contribution in [0.1, 0.15) is 51.1 Å². The number of fused-ring (bicyclic) bond motifs is 1. The number of benzene rings is 1. The maximum atomic E-state index is 11.3. The first-order chi connectivity index (χ1) is 14.3. The van der Waals surface area contributed by atoms with Gasteiger partial charge in [0.2, 0.25) is 0 Å². The van der Waals surface area contributed by atoms with Crippen LogP contribution in [-0.4, -0.2) is 44.9 Å². The van der Waals surface area contributed by atoms with Crippen molar-refractivity contribution >= 4 is 28.2 Å². The average Bonchev–Trinajstić information content (AvgIpc) is 3.15. The highest BCUT2D eigenvalue weighted by Gasteiger charge is 2.27. The number of aliphatic hydroxyl groups excluding tert-OH is 1. The average molecular weight is 412 g/mol. The van der Waals surface area contributed by atoms with Gasteiger partial charge in [0, 0.05) is 35.6 Å². The second-order valence-electron chi connectivity index (χ2n) is 8.79. The summed E-state index contributed by atoms with van der Waals surface area (Å²) >= 11 is 0. The lowest BCUT2D eigenvalue weighted by molar-refractivity contribution is -0.111. The molecule has 1 amide bonds. The Morgan fingerprint density at radius 2 is 2.00 bits per heavy atom. The van der Waals surface area contributed by atoms with Gasteiger partial charge in [0.25, 0.3) is 5.91 Å². The number of rotatable bonds is 5. The van der Waals surface area contributed by atoms with Crippen molar-refractivity contribution in [3.05, 3.63) is 36.2 Å². The highest BCUT2D eigenvalue weighted by Crippen LogP contribution is 2.37. The maximum absolute atomic E-state index is 11.3. The fourth-order valence-electron chi connectivity index (χ4n) is 4.31. The Kier molecular flexibility index (Phi) is 5.38. The van der Waals surface area contributed by atoms with Crippen LogP contribution in [0.15, 0.2) is 35.6 Å². The van der Waals surface area contributed by atoms with Crippen LogP contribution >= 0.6 is 0 Å². The molecule has 1 aromatic heterocycles. The van der Waals surface area contributed by atoms with E-state index in [0.717, 1.165) is 47.8 Å². The van der Waals surface area contributed by atoms with E-state index in [1.807, 2.05) is 21.7 Å². The quantitative estimate of drug-likeness (QED) is 0.697. The molecule has 0 unspecified atom stereocenters. The van der Waals surface area contributed by atoms with E-state index in [0.29, 0.717) is 12.0 Å². The Labute approximate surface area is 175 Å². The van der Waals surface area contributed by atoms with E-state index < -0.39 is 11.5 Å². The molecule has 0 atom stereocenters. The number of nitrogens with two attached hydrogens (primary N) is 1. The van der Waals surface area contributed by atoms with E-state index in [1.54, 1.807) is 26.1 Å². The van der Waals surface area contributed by atoms with Crippen molar-refractivity contribution in [3.63, 3.8) is 0 Å². The number of hydrogen-bond donors (Lipinski definition) is 3. The molecule has 2 aliphatic rings. The van der Waals surface area contributed by atoms with Crippen molar-refractivity contribution in [1.82, 2.24) is 9.78 Å². The van der Waals surface area contributed by atoms with Crippen molar-refractivity contribution in [2.75, 3.05) is 18.2 Å². The topological polar surface area (TPSA) is 117 Å². The monoisotopic (exact) mass is 411 g/mol.